The smallest absolute Gasteiger partial charge is 0.306 e. The van der Waals surface area contributed by atoms with Gasteiger partial charge in [-0.2, -0.15) is 0 Å². The first-order chi connectivity index (χ1) is 4.63. The summed E-state index contributed by atoms with van der Waals surface area (Å²) in [6, 6.07) is 0. The van der Waals surface area contributed by atoms with Crippen molar-refractivity contribution < 1.29 is 10.0 Å². The first kappa shape index (κ1) is 8.68. The lowest BCUT2D eigenvalue weighted by molar-refractivity contribution is -0.424. The molecule has 0 aromatic carbocycles. The van der Waals surface area contributed by atoms with Gasteiger partial charge >= 0.3 is 5.70 Å². The van der Waals surface area contributed by atoms with Gasteiger partial charge in [0.05, 0.1) is 4.92 Å². The number of hydrogen-bond acceptors (Lipinski definition) is 3. The molecule has 1 N–H and O–H groups in total. The molecule has 0 spiro atoms. The van der Waals surface area contributed by atoms with E-state index in [1.165, 1.54) is 26.0 Å². The monoisotopic (exact) mass is 143 g/mol. The van der Waals surface area contributed by atoms with E-state index in [1.54, 1.807) is 0 Å². The molecule has 56 valence electrons. The standard InChI is InChI=1S/C6H9NO3/c1-3-5(7(9)10)6(8)4-2/h3-4,8H,1-2H3/b5-3+,6-4+. The van der Waals surface area contributed by atoms with Crippen molar-refractivity contribution in [2.75, 3.05) is 0 Å². The van der Waals surface area contributed by atoms with E-state index in [4.69, 9.17) is 5.11 Å². The maximum Gasteiger partial charge on any atom is 0.306 e. The van der Waals surface area contributed by atoms with Crippen LogP contribution in [0.15, 0.2) is 23.6 Å². The summed E-state index contributed by atoms with van der Waals surface area (Å²) < 4.78 is 0. The van der Waals surface area contributed by atoms with E-state index in [-0.39, 0.29) is 11.5 Å². The Morgan fingerprint density at radius 1 is 1.50 bits per heavy atom. The zero-order valence-corrected chi connectivity index (χ0v) is 5.87. The van der Waals surface area contributed by atoms with Crippen LogP contribution in [-0.4, -0.2) is 10.0 Å². The summed E-state index contributed by atoms with van der Waals surface area (Å²) in [5.74, 6) is -0.299. The lowest BCUT2D eigenvalue weighted by Crippen LogP contribution is -2.00. The molecular weight excluding hydrogens is 134 g/mol. The van der Waals surface area contributed by atoms with Gasteiger partial charge in [-0.05, 0) is 26.0 Å². The number of aliphatic hydroxyl groups excluding tert-OH is 1. The zero-order chi connectivity index (χ0) is 8.15. The van der Waals surface area contributed by atoms with Crippen LogP contribution in [0, 0.1) is 10.1 Å². The maximum absolute atomic E-state index is 10.1. The molecule has 0 rings (SSSR count). The Bertz CT molecular complexity index is 193. The summed E-state index contributed by atoms with van der Waals surface area (Å²) in [5, 5.41) is 18.9. The molecule has 4 nitrogen and oxygen atoms in total. The molecule has 0 amide bonds. The van der Waals surface area contributed by atoms with Crippen LogP contribution in [0.1, 0.15) is 13.8 Å². The Labute approximate surface area is 58.6 Å². The summed E-state index contributed by atoms with van der Waals surface area (Å²) in [7, 11) is 0. The van der Waals surface area contributed by atoms with Gasteiger partial charge in [-0.3, -0.25) is 10.1 Å². The molecule has 0 aromatic heterocycles. The average Bonchev–Trinajstić information content (AvgIpc) is 1.88. The van der Waals surface area contributed by atoms with Crippen LogP contribution in [0.25, 0.3) is 0 Å². The van der Waals surface area contributed by atoms with Gasteiger partial charge < -0.3 is 5.11 Å². The first-order valence-electron chi connectivity index (χ1n) is 2.79. The summed E-state index contributed by atoms with van der Waals surface area (Å²) in [6.45, 7) is 3.03. The van der Waals surface area contributed by atoms with Crippen molar-refractivity contribution in [3.63, 3.8) is 0 Å². The van der Waals surface area contributed by atoms with Gasteiger partial charge in [-0.1, -0.05) is 0 Å². The van der Waals surface area contributed by atoms with Crippen molar-refractivity contribution >= 4 is 0 Å². The Kier molecular flexibility index (Phi) is 3.17. The fourth-order valence-corrected chi connectivity index (χ4v) is 0.495. The number of rotatable bonds is 2. The molecule has 0 atom stereocenters. The largest absolute Gasteiger partial charge is 0.502 e. The van der Waals surface area contributed by atoms with Crippen LogP contribution in [0.5, 0.6) is 0 Å². The van der Waals surface area contributed by atoms with Crippen molar-refractivity contribution in [2.45, 2.75) is 13.8 Å². The normalized spacial score (nSPS) is 13.4. The van der Waals surface area contributed by atoms with Gasteiger partial charge in [0.2, 0.25) is 0 Å². The van der Waals surface area contributed by atoms with E-state index in [0.29, 0.717) is 0 Å². The molecule has 0 heterocycles. The third-order valence-corrected chi connectivity index (χ3v) is 1.01. The van der Waals surface area contributed by atoms with Crippen molar-refractivity contribution in [3.8, 4) is 0 Å². The third-order valence-electron chi connectivity index (χ3n) is 1.01. The molecule has 0 saturated heterocycles. The zero-order valence-electron chi connectivity index (χ0n) is 5.87. The van der Waals surface area contributed by atoms with Gasteiger partial charge in [-0.25, -0.2) is 0 Å². The minimum absolute atomic E-state index is 0.262. The van der Waals surface area contributed by atoms with Crippen LogP contribution < -0.4 is 0 Å². The van der Waals surface area contributed by atoms with Crippen LogP contribution in [-0.2, 0) is 0 Å². The van der Waals surface area contributed by atoms with Crippen molar-refractivity contribution in [1.82, 2.24) is 0 Å². The third kappa shape index (κ3) is 1.89. The molecule has 0 radical (unpaired) electrons. The molecular formula is C6H9NO3. The van der Waals surface area contributed by atoms with E-state index in [2.05, 4.69) is 0 Å². The van der Waals surface area contributed by atoms with Gasteiger partial charge in [0.1, 0.15) is 0 Å². The molecule has 0 unspecified atom stereocenters. The molecule has 0 aliphatic carbocycles. The molecule has 0 aliphatic rings. The summed E-state index contributed by atoms with van der Waals surface area (Å²) >= 11 is 0. The lowest BCUT2D eigenvalue weighted by Gasteiger charge is -1.92. The molecule has 0 saturated carbocycles. The van der Waals surface area contributed by atoms with E-state index in [1.807, 2.05) is 0 Å². The predicted molar refractivity (Wildman–Crippen MR) is 37.1 cm³/mol. The second-order valence-corrected chi connectivity index (χ2v) is 1.60. The second kappa shape index (κ2) is 3.66. The van der Waals surface area contributed by atoms with E-state index in [0.717, 1.165) is 0 Å². The Balaban J connectivity index is 4.56. The number of aliphatic hydroxyl groups is 1. The average molecular weight is 143 g/mol. The van der Waals surface area contributed by atoms with Gasteiger partial charge in [-0.15, -0.1) is 0 Å². The maximum atomic E-state index is 10.1. The van der Waals surface area contributed by atoms with E-state index < -0.39 is 4.92 Å². The SMILES string of the molecule is C/C=C(O)\C(=C/C)[N+](=O)[O-]. The predicted octanol–water partition coefficient (Wildman–Crippen LogP) is 1.63. The van der Waals surface area contributed by atoms with Crippen molar-refractivity contribution in [2.24, 2.45) is 0 Å². The summed E-state index contributed by atoms with van der Waals surface area (Å²) in [4.78, 5) is 9.44. The van der Waals surface area contributed by atoms with Crippen LogP contribution in [0.4, 0.5) is 0 Å². The quantitative estimate of drug-likeness (QED) is 0.276. The molecule has 4 heteroatoms. The topological polar surface area (TPSA) is 63.4 Å². The molecule has 0 aliphatic heterocycles. The first-order valence-corrected chi connectivity index (χ1v) is 2.79. The Hall–Kier alpha value is -1.32. The summed E-state index contributed by atoms with van der Waals surface area (Å²) in [6.07, 6.45) is 2.52. The fraction of sp³-hybridized carbons (Fsp3) is 0.333. The lowest BCUT2D eigenvalue weighted by atomic mass is 10.3. The highest BCUT2D eigenvalue weighted by molar-refractivity contribution is 5.15. The van der Waals surface area contributed by atoms with Crippen molar-refractivity contribution in [1.29, 1.82) is 0 Å². The minimum atomic E-state index is -0.630. The highest BCUT2D eigenvalue weighted by atomic mass is 16.6. The van der Waals surface area contributed by atoms with Gasteiger partial charge in [0, 0.05) is 0 Å². The molecule has 0 bridgehead atoms. The van der Waals surface area contributed by atoms with Crippen molar-refractivity contribution in [3.05, 3.63) is 33.7 Å². The highest BCUT2D eigenvalue weighted by Crippen LogP contribution is 2.05. The fourth-order valence-electron chi connectivity index (χ4n) is 0.495. The van der Waals surface area contributed by atoms with Crippen LogP contribution in [0.3, 0.4) is 0 Å². The minimum Gasteiger partial charge on any atom is -0.502 e. The van der Waals surface area contributed by atoms with E-state index >= 15 is 0 Å². The summed E-state index contributed by atoms with van der Waals surface area (Å²) in [5.41, 5.74) is -0.262. The number of nitrogens with zero attached hydrogens (tertiary/aromatic N) is 1. The highest BCUT2D eigenvalue weighted by Gasteiger charge is 2.12. The molecule has 0 aromatic rings. The Morgan fingerprint density at radius 3 is 2.10 bits per heavy atom. The number of nitro groups is 1. The number of allylic oxidation sites excluding steroid dienone is 2. The van der Waals surface area contributed by atoms with Gasteiger partial charge in [0.25, 0.3) is 0 Å². The Morgan fingerprint density at radius 2 is 2.00 bits per heavy atom. The second-order valence-electron chi connectivity index (χ2n) is 1.60. The van der Waals surface area contributed by atoms with E-state index in [9.17, 15) is 10.1 Å². The van der Waals surface area contributed by atoms with Crippen LogP contribution in [0.2, 0.25) is 0 Å². The number of hydrogen-bond donors (Lipinski definition) is 1. The van der Waals surface area contributed by atoms with Crippen LogP contribution >= 0.6 is 0 Å². The van der Waals surface area contributed by atoms with Gasteiger partial charge in [0.15, 0.2) is 5.76 Å². The molecule has 0 fully saturated rings. The molecule has 10 heavy (non-hydrogen) atoms.